The maximum Gasteiger partial charge on any atom is 2.00 e. The second-order valence-corrected chi connectivity index (χ2v) is 3.93. The second kappa shape index (κ2) is 76.5. The number of hydrogen-bond donors (Lipinski definition) is 0. The second-order valence-electron chi connectivity index (χ2n) is 3.93. The standard InChI is InChI=1S/8C2H4O2.4Ni.H2O/c8*1-2(3)4;;;;;/h8*1H3,(H,3,4);;;;;1H2/q;;;;;;;;4*+2;/p-8. The summed E-state index contributed by atoms with van der Waals surface area (Å²) < 4.78 is 0. The van der Waals surface area contributed by atoms with Gasteiger partial charge in [-0.05, 0) is 55.4 Å². The van der Waals surface area contributed by atoms with Crippen molar-refractivity contribution in [1.82, 2.24) is 0 Å². The Balaban J connectivity index is -0.0000000159. The van der Waals surface area contributed by atoms with Crippen LogP contribution in [0.25, 0.3) is 0 Å². The molecule has 0 fully saturated rings. The minimum atomic E-state index is -1.08. The van der Waals surface area contributed by atoms with E-state index in [2.05, 4.69) is 0 Å². The summed E-state index contributed by atoms with van der Waals surface area (Å²) in [6, 6.07) is 0. The van der Waals surface area contributed by atoms with Gasteiger partial charge in [-0.1, -0.05) is 0 Å². The Morgan fingerprint density at radius 2 is 0.270 bits per heavy atom. The zero-order valence-electron chi connectivity index (χ0n) is 20.3. The van der Waals surface area contributed by atoms with Crippen LogP contribution in [0.4, 0.5) is 0 Å². The van der Waals surface area contributed by atoms with Crippen LogP contribution in [0.15, 0.2) is 0 Å². The number of carbonyl (C=O) groups is 8. The monoisotopic (exact) mass is 722 g/mol. The van der Waals surface area contributed by atoms with Crippen molar-refractivity contribution in [3.05, 3.63) is 0 Å². The van der Waals surface area contributed by atoms with Crippen LogP contribution in [0.1, 0.15) is 55.4 Å². The third-order valence-corrected chi connectivity index (χ3v) is 0. The number of rotatable bonds is 0. The van der Waals surface area contributed by atoms with Crippen LogP contribution in [0.3, 0.4) is 0 Å². The first-order valence-corrected chi connectivity index (χ1v) is 7.27. The van der Waals surface area contributed by atoms with Gasteiger partial charge in [-0.25, -0.2) is 0 Å². The van der Waals surface area contributed by atoms with Crippen LogP contribution < -0.4 is 40.9 Å². The van der Waals surface area contributed by atoms with Gasteiger partial charge in [-0.3, -0.25) is 0 Å². The molecule has 0 aromatic carbocycles. The SMILES string of the molecule is CC(=O)[O-].CC(=O)[O-].CC(=O)[O-].CC(=O)[O-].CC(=O)[O-].CC(=O)[O-].CC(=O)[O-].CC(=O)[O-].O.[Ni+2].[Ni+2].[Ni+2].[Ni+2]. The fourth-order valence-corrected chi connectivity index (χ4v) is 0. The molecule has 0 aliphatic rings. The zero-order valence-corrected chi connectivity index (χ0v) is 24.2. The smallest absolute Gasteiger partial charge is 0.550 e. The van der Waals surface area contributed by atoms with E-state index in [4.69, 9.17) is 79.2 Å². The van der Waals surface area contributed by atoms with Crippen molar-refractivity contribution >= 4 is 47.8 Å². The summed E-state index contributed by atoms with van der Waals surface area (Å²) in [5, 5.41) is 71.1. The maximum atomic E-state index is 8.89. The van der Waals surface area contributed by atoms with Crippen molar-refractivity contribution in [1.29, 1.82) is 0 Å². The summed E-state index contributed by atoms with van der Waals surface area (Å²) in [4.78, 5) is 71.1. The average Bonchev–Trinajstić information content (AvgIpc) is 2.30. The van der Waals surface area contributed by atoms with Crippen molar-refractivity contribution < 1.29 is 151 Å². The molecule has 0 saturated heterocycles. The molecule has 21 heteroatoms. The van der Waals surface area contributed by atoms with E-state index in [1.54, 1.807) is 0 Å². The zero-order chi connectivity index (χ0) is 28.6. The molecule has 0 saturated carbocycles. The minimum absolute atomic E-state index is 0. The molecule has 0 atom stereocenters. The number of carboxylic acid groups (broad SMARTS) is 8. The third kappa shape index (κ3) is 6370. The predicted molar refractivity (Wildman–Crippen MR) is 89.1 cm³/mol. The van der Waals surface area contributed by atoms with Crippen molar-refractivity contribution in [3.63, 3.8) is 0 Å². The van der Waals surface area contributed by atoms with Crippen LogP contribution in [0.5, 0.6) is 0 Å². The van der Waals surface area contributed by atoms with Gasteiger partial charge in [0.1, 0.15) is 0 Å². The van der Waals surface area contributed by atoms with E-state index in [9.17, 15) is 0 Å². The van der Waals surface area contributed by atoms with Gasteiger partial charge >= 0.3 is 66.0 Å². The van der Waals surface area contributed by atoms with Crippen molar-refractivity contribution in [2.75, 3.05) is 0 Å². The summed E-state index contributed by atoms with van der Waals surface area (Å²) in [7, 11) is 0. The Hall–Kier alpha value is -2.31. The Morgan fingerprint density at radius 3 is 0.270 bits per heavy atom. The van der Waals surface area contributed by atoms with Crippen LogP contribution in [0, 0.1) is 0 Å². The van der Waals surface area contributed by atoms with Crippen LogP contribution >= 0.6 is 0 Å². The van der Waals surface area contributed by atoms with E-state index < -0.39 is 47.8 Å². The van der Waals surface area contributed by atoms with Crippen molar-refractivity contribution in [2.45, 2.75) is 55.4 Å². The van der Waals surface area contributed by atoms with E-state index in [-0.39, 0.29) is 71.4 Å². The summed E-state index contributed by atoms with van der Waals surface area (Å²) in [5.74, 6) is -8.67. The van der Waals surface area contributed by atoms with Gasteiger partial charge in [-0.15, -0.1) is 0 Å². The molecular weight excluding hydrogens is 699 g/mol. The Kier molecular flexibility index (Phi) is 173. The molecule has 232 valence electrons. The molecule has 37 heavy (non-hydrogen) atoms. The quantitative estimate of drug-likeness (QED) is 0.209. The molecule has 0 radical (unpaired) electrons. The number of aliphatic carboxylic acids is 8. The Labute approximate surface area is 253 Å². The van der Waals surface area contributed by atoms with E-state index in [0.29, 0.717) is 0 Å². The van der Waals surface area contributed by atoms with Gasteiger partial charge in [-0.2, -0.15) is 0 Å². The first-order valence-electron chi connectivity index (χ1n) is 7.27. The Bertz CT molecular complexity index is 379. The summed E-state index contributed by atoms with van der Waals surface area (Å²) in [6.45, 7) is 7.78. The summed E-state index contributed by atoms with van der Waals surface area (Å²) in [5.41, 5.74) is 0. The fraction of sp³-hybridized carbons (Fsp3) is 0.500. The van der Waals surface area contributed by atoms with Gasteiger partial charge in [0.25, 0.3) is 0 Å². The van der Waals surface area contributed by atoms with Gasteiger partial charge in [0.15, 0.2) is 0 Å². The largest absolute Gasteiger partial charge is 2.00 e. The van der Waals surface area contributed by atoms with E-state index in [1.165, 1.54) is 0 Å². The van der Waals surface area contributed by atoms with Crippen LogP contribution in [0.2, 0.25) is 0 Å². The molecule has 0 heterocycles. The number of carbonyl (C=O) groups excluding carboxylic acids is 8. The molecule has 0 spiro atoms. The molecule has 0 aromatic rings. The van der Waals surface area contributed by atoms with Crippen molar-refractivity contribution in [3.8, 4) is 0 Å². The fourth-order valence-electron chi connectivity index (χ4n) is 0. The van der Waals surface area contributed by atoms with Crippen LogP contribution in [-0.4, -0.2) is 53.2 Å². The average molecular weight is 725 g/mol. The molecule has 17 nitrogen and oxygen atoms in total. The maximum absolute atomic E-state index is 8.89. The van der Waals surface area contributed by atoms with Gasteiger partial charge in [0.05, 0.1) is 0 Å². The molecule has 0 rings (SSSR count). The molecule has 0 aromatic heterocycles. The molecule has 0 aliphatic carbocycles. The molecule has 0 amide bonds. The molecular formula is C16H26Ni4O17. The molecule has 2 N–H and O–H groups in total. The first-order chi connectivity index (χ1) is 13.9. The molecule has 0 bridgehead atoms. The Morgan fingerprint density at radius 1 is 0.270 bits per heavy atom. The van der Waals surface area contributed by atoms with Gasteiger partial charge in [0, 0.05) is 47.8 Å². The first kappa shape index (κ1) is 83.7. The van der Waals surface area contributed by atoms with E-state index in [0.717, 1.165) is 55.4 Å². The molecule has 0 aliphatic heterocycles. The van der Waals surface area contributed by atoms with E-state index in [1.807, 2.05) is 0 Å². The van der Waals surface area contributed by atoms with Gasteiger partial charge in [0.2, 0.25) is 0 Å². The predicted octanol–water partition coefficient (Wildman–Crippen LogP) is -10.8. The summed E-state index contributed by atoms with van der Waals surface area (Å²) in [6.07, 6.45) is 0. The molecule has 0 unspecified atom stereocenters. The number of hydrogen-bond acceptors (Lipinski definition) is 16. The topological polar surface area (TPSA) is 353 Å². The van der Waals surface area contributed by atoms with Crippen molar-refractivity contribution in [2.24, 2.45) is 0 Å². The minimum Gasteiger partial charge on any atom is -0.550 e. The van der Waals surface area contributed by atoms with Crippen LogP contribution in [-0.2, 0) is 104 Å². The van der Waals surface area contributed by atoms with Gasteiger partial charge < -0.3 is 84.7 Å². The summed E-state index contributed by atoms with van der Waals surface area (Å²) >= 11 is 0. The number of carboxylic acids is 8. The normalized spacial score (nSPS) is 5.41. The third-order valence-electron chi connectivity index (χ3n) is 0. The van der Waals surface area contributed by atoms with E-state index >= 15 is 0 Å².